The molecule has 0 radical (unpaired) electrons. The lowest BCUT2D eigenvalue weighted by Gasteiger charge is -2.19. The van der Waals surface area contributed by atoms with Gasteiger partial charge in [0.05, 0.1) is 10.9 Å². The van der Waals surface area contributed by atoms with Gasteiger partial charge in [-0.1, -0.05) is 31.2 Å². The second-order valence-corrected chi connectivity index (χ2v) is 5.79. The third kappa shape index (κ3) is 3.69. The average molecular weight is 350 g/mol. The van der Waals surface area contributed by atoms with Crippen molar-refractivity contribution in [2.75, 3.05) is 0 Å². The van der Waals surface area contributed by atoms with Crippen molar-refractivity contribution in [3.05, 3.63) is 64.1 Å². The van der Waals surface area contributed by atoms with Crippen molar-refractivity contribution in [3.63, 3.8) is 0 Å². The van der Waals surface area contributed by atoms with Crippen LogP contribution in [0.3, 0.4) is 0 Å². The van der Waals surface area contributed by atoms with Gasteiger partial charge in [0, 0.05) is 17.4 Å². The first-order chi connectivity index (χ1) is 11.7. The number of pyridine rings is 1. The summed E-state index contributed by atoms with van der Waals surface area (Å²) in [5, 5.41) is -0.109. The second-order valence-electron chi connectivity index (χ2n) is 5.79. The van der Waals surface area contributed by atoms with Crippen molar-refractivity contribution in [1.82, 2.24) is 4.57 Å². The van der Waals surface area contributed by atoms with Crippen LogP contribution in [0.1, 0.15) is 44.5 Å². The summed E-state index contributed by atoms with van der Waals surface area (Å²) in [5.74, 6) is 0. The Morgan fingerprint density at radius 1 is 1.36 bits per heavy atom. The number of rotatable bonds is 4. The van der Waals surface area contributed by atoms with Gasteiger partial charge in [-0.3, -0.25) is 9.36 Å². The van der Waals surface area contributed by atoms with E-state index in [0.717, 1.165) is 12.5 Å². The van der Waals surface area contributed by atoms with E-state index in [1.165, 1.54) is 16.7 Å². The predicted molar refractivity (Wildman–Crippen MR) is 95.2 cm³/mol. The number of alkyl halides is 3. The summed E-state index contributed by atoms with van der Waals surface area (Å²) in [5.41, 5.74) is 5.30. The molecular formula is C19H21F3N2O. The van der Waals surface area contributed by atoms with Crippen molar-refractivity contribution in [2.24, 2.45) is 5.73 Å². The first kappa shape index (κ1) is 19.0. The van der Waals surface area contributed by atoms with Crippen LogP contribution in [0.2, 0.25) is 0 Å². The highest BCUT2D eigenvalue weighted by Crippen LogP contribution is 2.34. The molecule has 0 spiro atoms. The summed E-state index contributed by atoms with van der Waals surface area (Å²) in [6.07, 6.45) is 1.37. The SMILES string of the molecule is CC=C(C=CCC)n1c(C(C)N)cc2cccc(C(F)(F)F)c2c1=O. The standard InChI is InChI=1S/C19H21F3N2O/c1-4-6-9-14(5-2)24-16(12(3)23)11-13-8-7-10-15(19(20,21)22)17(13)18(24)25/h5-12H,4,23H2,1-3H3. The first-order valence-corrected chi connectivity index (χ1v) is 8.07. The van der Waals surface area contributed by atoms with Crippen LogP contribution in [0.15, 0.2) is 47.3 Å². The molecule has 25 heavy (non-hydrogen) atoms. The molecule has 134 valence electrons. The zero-order valence-electron chi connectivity index (χ0n) is 14.4. The number of allylic oxidation sites excluding steroid dienone is 4. The van der Waals surface area contributed by atoms with Gasteiger partial charge < -0.3 is 5.73 Å². The Morgan fingerprint density at radius 2 is 2.04 bits per heavy atom. The van der Waals surface area contributed by atoms with E-state index in [9.17, 15) is 18.0 Å². The van der Waals surface area contributed by atoms with E-state index in [1.54, 1.807) is 32.1 Å². The van der Waals surface area contributed by atoms with E-state index in [-0.39, 0.29) is 10.8 Å². The molecule has 0 aliphatic carbocycles. The highest BCUT2D eigenvalue weighted by molar-refractivity contribution is 5.87. The molecule has 1 aromatic carbocycles. The second kappa shape index (κ2) is 7.27. The highest BCUT2D eigenvalue weighted by Gasteiger charge is 2.34. The van der Waals surface area contributed by atoms with E-state index in [2.05, 4.69) is 0 Å². The molecule has 0 fully saturated rings. The molecule has 0 saturated heterocycles. The van der Waals surface area contributed by atoms with Crippen molar-refractivity contribution in [1.29, 1.82) is 0 Å². The Balaban J connectivity index is 2.98. The maximum Gasteiger partial charge on any atom is 0.417 e. The minimum atomic E-state index is -4.61. The topological polar surface area (TPSA) is 48.0 Å². The molecule has 0 saturated carbocycles. The van der Waals surface area contributed by atoms with Crippen molar-refractivity contribution < 1.29 is 13.2 Å². The Labute approximate surface area is 144 Å². The van der Waals surface area contributed by atoms with Gasteiger partial charge in [-0.25, -0.2) is 0 Å². The number of nitrogens with zero attached hydrogens (tertiary/aromatic N) is 1. The number of hydrogen-bond donors (Lipinski definition) is 1. The highest BCUT2D eigenvalue weighted by atomic mass is 19.4. The van der Waals surface area contributed by atoms with E-state index < -0.39 is 23.3 Å². The summed E-state index contributed by atoms with van der Waals surface area (Å²) in [6, 6.07) is 4.76. The minimum Gasteiger partial charge on any atom is -0.323 e. The van der Waals surface area contributed by atoms with Gasteiger partial charge in [0.25, 0.3) is 5.56 Å². The third-order valence-electron chi connectivity index (χ3n) is 3.93. The molecule has 1 atom stereocenters. The molecule has 0 aliphatic rings. The average Bonchev–Trinajstić information content (AvgIpc) is 2.55. The Bertz CT molecular complexity index is 890. The van der Waals surface area contributed by atoms with Crippen LogP contribution in [-0.4, -0.2) is 4.57 Å². The van der Waals surface area contributed by atoms with Crippen molar-refractivity contribution >= 4 is 16.5 Å². The molecule has 0 aliphatic heterocycles. The molecule has 2 rings (SSSR count). The third-order valence-corrected chi connectivity index (χ3v) is 3.93. The van der Waals surface area contributed by atoms with Gasteiger partial charge in [-0.15, -0.1) is 0 Å². The first-order valence-electron chi connectivity index (χ1n) is 8.07. The quantitative estimate of drug-likeness (QED) is 0.800. The molecule has 2 aromatic rings. The van der Waals surface area contributed by atoms with Crippen molar-refractivity contribution in [3.8, 4) is 0 Å². The largest absolute Gasteiger partial charge is 0.417 e. The van der Waals surface area contributed by atoms with Crippen LogP contribution in [0.4, 0.5) is 13.2 Å². The molecule has 1 heterocycles. The predicted octanol–water partition coefficient (Wildman–Crippen LogP) is 4.87. The van der Waals surface area contributed by atoms with E-state index in [1.807, 2.05) is 13.0 Å². The van der Waals surface area contributed by atoms with Gasteiger partial charge in [0.2, 0.25) is 0 Å². The number of hydrogen-bond acceptors (Lipinski definition) is 2. The van der Waals surface area contributed by atoms with Gasteiger partial charge in [0.15, 0.2) is 0 Å². The normalized spacial score (nSPS) is 14.4. The van der Waals surface area contributed by atoms with E-state index in [4.69, 9.17) is 5.73 Å². The Kier molecular flexibility index (Phi) is 5.52. The number of halogens is 3. The number of benzene rings is 1. The minimum absolute atomic E-state index is 0.235. The molecule has 2 N–H and O–H groups in total. The number of nitrogens with two attached hydrogens (primary N) is 1. The fourth-order valence-corrected chi connectivity index (χ4v) is 2.76. The lowest BCUT2D eigenvalue weighted by Crippen LogP contribution is -2.27. The number of fused-ring (bicyclic) bond motifs is 1. The zero-order valence-corrected chi connectivity index (χ0v) is 14.4. The smallest absolute Gasteiger partial charge is 0.323 e. The Morgan fingerprint density at radius 3 is 2.56 bits per heavy atom. The maximum atomic E-state index is 13.4. The van der Waals surface area contributed by atoms with Gasteiger partial charge >= 0.3 is 6.18 Å². The Hall–Kier alpha value is -2.34. The molecule has 1 aromatic heterocycles. The summed E-state index contributed by atoms with van der Waals surface area (Å²) in [6.45, 7) is 5.36. The van der Waals surface area contributed by atoms with Crippen molar-refractivity contribution in [2.45, 2.75) is 39.4 Å². The molecule has 6 heteroatoms. The van der Waals surface area contributed by atoms with Crippen LogP contribution in [0.5, 0.6) is 0 Å². The van der Waals surface area contributed by atoms with E-state index >= 15 is 0 Å². The molecule has 0 amide bonds. The van der Waals surface area contributed by atoms with Gasteiger partial charge in [-0.05, 0) is 43.9 Å². The fraction of sp³-hybridized carbons (Fsp3) is 0.316. The summed E-state index contributed by atoms with van der Waals surface area (Å²) >= 11 is 0. The monoisotopic (exact) mass is 350 g/mol. The van der Waals surface area contributed by atoms with Crippen LogP contribution < -0.4 is 11.3 Å². The maximum absolute atomic E-state index is 13.4. The van der Waals surface area contributed by atoms with Crippen LogP contribution in [-0.2, 0) is 6.18 Å². The van der Waals surface area contributed by atoms with E-state index in [0.29, 0.717) is 11.4 Å². The van der Waals surface area contributed by atoms with Gasteiger partial charge in [0.1, 0.15) is 0 Å². The van der Waals surface area contributed by atoms with Crippen LogP contribution in [0.25, 0.3) is 16.5 Å². The summed E-state index contributed by atoms with van der Waals surface area (Å²) < 4.78 is 41.4. The zero-order chi connectivity index (χ0) is 18.8. The van der Waals surface area contributed by atoms with Gasteiger partial charge in [-0.2, -0.15) is 13.2 Å². The molecular weight excluding hydrogens is 329 g/mol. The summed E-state index contributed by atoms with van der Waals surface area (Å²) in [4.78, 5) is 13.0. The molecule has 1 unspecified atom stereocenters. The fourth-order valence-electron chi connectivity index (χ4n) is 2.76. The molecule has 0 bridgehead atoms. The van der Waals surface area contributed by atoms with Crippen LogP contribution in [0, 0.1) is 0 Å². The summed E-state index contributed by atoms with van der Waals surface area (Å²) in [7, 11) is 0. The lowest BCUT2D eigenvalue weighted by atomic mass is 10.0. The molecule has 3 nitrogen and oxygen atoms in total. The lowest BCUT2D eigenvalue weighted by molar-refractivity contribution is -0.136. The van der Waals surface area contributed by atoms with Crippen LogP contribution >= 0.6 is 0 Å². The number of aromatic nitrogens is 1.